The number of rotatable bonds is 4. The van der Waals surface area contributed by atoms with Gasteiger partial charge in [0.1, 0.15) is 0 Å². The Bertz CT molecular complexity index is 279. The second kappa shape index (κ2) is 4.46. The van der Waals surface area contributed by atoms with E-state index < -0.39 is 5.41 Å². The molecular formula is C10H15N3. The zero-order valence-electron chi connectivity index (χ0n) is 8.39. The van der Waals surface area contributed by atoms with E-state index in [1.807, 2.05) is 0 Å². The predicted octanol–water partition coefficient (Wildman–Crippen LogP) is 1.85. The van der Waals surface area contributed by atoms with Gasteiger partial charge in [0.2, 0.25) is 0 Å². The molecule has 0 aromatic carbocycles. The van der Waals surface area contributed by atoms with E-state index in [0.717, 1.165) is 0 Å². The van der Waals surface area contributed by atoms with E-state index in [0.29, 0.717) is 11.4 Å². The minimum Gasteiger partial charge on any atom is -0.387 e. The molecule has 0 bridgehead atoms. The van der Waals surface area contributed by atoms with Crippen LogP contribution in [0.2, 0.25) is 0 Å². The Kier molecular flexibility index (Phi) is 3.93. The van der Waals surface area contributed by atoms with Crippen LogP contribution in [-0.2, 0) is 0 Å². The van der Waals surface area contributed by atoms with Gasteiger partial charge in [0.25, 0.3) is 0 Å². The number of nitrogens with one attached hydrogen (secondary N) is 1. The lowest BCUT2D eigenvalue weighted by molar-refractivity contribution is 0.593. The largest absolute Gasteiger partial charge is 0.387 e. The summed E-state index contributed by atoms with van der Waals surface area (Å²) in [7, 11) is 1.76. The molecule has 0 spiro atoms. The second-order valence-electron chi connectivity index (χ2n) is 3.22. The summed E-state index contributed by atoms with van der Waals surface area (Å²) in [6, 6.07) is 2.12. The lowest BCUT2D eigenvalue weighted by Crippen LogP contribution is -2.11. The van der Waals surface area contributed by atoms with Gasteiger partial charge in [-0.1, -0.05) is 13.2 Å². The lowest BCUT2D eigenvalue weighted by Gasteiger charge is -2.13. The third kappa shape index (κ3) is 3.57. The van der Waals surface area contributed by atoms with Gasteiger partial charge in [-0.2, -0.15) is 5.26 Å². The first-order chi connectivity index (χ1) is 5.94. The van der Waals surface area contributed by atoms with E-state index in [1.54, 1.807) is 27.1 Å². The maximum Gasteiger partial charge on any atom is 0.0931 e. The van der Waals surface area contributed by atoms with Gasteiger partial charge in [-0.15, -0.1) is 0 Å². The fourth-order valence-electron chi connectivity index (χ4n) is 0.446. The van der Waals surface area contributed by atoms with Crippen LogP contribution in [-0.4, -0.2) is 13.3 Å². The highest BCUT2D eigenvalue weighted by Gasteiger charge is 2.19. The Morgan fingerprint density at radius 3 is 2.46 bits per heavy atom. The van der Waals surface area contributed by atoms with Crippen molar-refractivity contribution in [3.05, 3.63) is 24.6 Å². The van der Waals surface area contributed by atoms with Crippen molar-refractivity contribution in [1.29, 1.82) is 5.26 Å². The highest BCUT2D eigenvalue weighted by molar-refractivity contribution is 5.77. The molecule has 0 unspecified atom stereocenters. The first kappa shape index (κ1) is 11.4. The minimum atomic E-state index is -0.621. The Labute approximate surface area is 79.5 Å². The van der Waals surface area contributed by atoms with Crippen LogP contribution in [0.3, 0.4) is 0 Å². The van der Waals surface area contributed by atoms with Crippen molar-refractivity contribution >= 4 is 6.21 Å². The van der Waals surface area contributed by atoms with Crippen molar-refractivity contribution < 1.29 is 0 Å². The summed E-state index contributed by atoms with van der Waals surface area (Å²) >= 11 is 0. The van der Waals surface area contributed by atoms with Crippen LogP contribution in [0.5, 0.6) is 0 Å². The van der Waals surface area contributed by atoms with Gasteiger partial charge >= 0.3 is 0 Å². The molecule has 0 aromatic heterocycles. The lowest BCUT2D eigenvalue weighted by atomic mass is 9.92. The summed E-state index contributed by atoms with van der Waals surface area (Å²) < 4.78 is 0. The molecule has 3 nitrogen and oxygen atoms in total. The zero-order chi connectivity index (χ0) is 10.5. The van der Waals surface area contributed by atoms with Gasteiger partial charge in [0.05, 0.1) is 17.2 Å². The molecule has 13 heavy (non-hydrogen) atoms. The Morgan fingerprint density at radius 2 is 2.08 bits per heavy atom. The minimum absolute atomic E-state index is 0.534. The van der Waals surface area contributed by atoms with Gasteiger partial charge < -0.3 is 5.32 Å². The van der Waals surface area contributed by atoms with Crippen LogP contribution in [0.4, 0.5) is 0 Å². The summed E-state index contributed by atoms with van der Waals surface area (Å²) in [5, 5.41) is 11.6. The van der Waals surface area contributed by atoms with Gasteiger partial charge in [-0.05, 0) is 13.8 Å². The third-order valence-electron chi connectivity index (χ3n) is 1.70. The predicted molar refractivity (Wildman–Crippen MR) is 55.2 cm³/mol. The van der Waals surface area contributed by atoms with Crippen molar-refractivity contribution in [2.45, 2.75) is 13.8 Å². The molecule has 0 heterocycles. The van der Waals surface area contributed by atoms with Crippen LogP contribution in [0.15, 0.2) is 29.5 Å². The van der Waals surface area contributed by atoms with Crippen LogP contribution < -0.4 is 5.32 Å². The highest BCUT2D eigenvalue weighted by atomic mass is 14.9. The van der Waals surface area contributed by atoms with Gasteiger partial charge in [-0.3, -0.25) is 4.99 Å². The molecule has 0 radical (unpaired) electrons. The van der Waals surface area contributed by atoms with E-state index in [-0.39, 0.29) is 0 Å². The van der Waals surface area contributed by atoms with Crippen molar-refractivity contribution in [3.8, 4) is 6.07 Å². The maximum atomic E-state index is 8.76. The van der Waals surface area contributed by atoms with E-state index in [1.165, 1.54) is 0 Å². The molecule has 0 saturated heterocycles. The fraction of sp³-hybridized carbons (Fsp3) is 0.400. The number of allylic oxidation sites excluding steroid dienone is 2. The average Bonchev–Trinajstić information content (AvgIpc) is 2.13. The van der Waals surface area contributed by atoms with Crippen molar-refractivity contribution in [1.82, 2.24) is 5.32 Å². The smallest absolute Gasteiger partial charge is 0.0931 e. The first-order valence-corrected chi connectivity index (χ1v) is 3.95. The van der Waals surface area contributed by atoms with Crippen LogP contribution in [0.1, 0.15) is 13.8 Å². The molecule has 0 rings (SSSR count). The van der Waals surface area contributed by atoms with E-state index >= 15 is 0 Å². The molecule has 0 aliphatic heterocycles. The topological polar surface area (TPSA) is 48.2 Å². The molecule has 0 aromatic rings. The van der Waals surface area contributed by atoms with Gasteiger partial charge in [0, 0.05) is 19.0 Å². The fourth-order valence-corrected chi connectivity index (χ4v) is 0.446. The molecule has 0 fully saturated rings. The normalized spacial score (nSPS) is 10.9. The summed E-state index contributed by atoms with van der Waals surface area (Å²) in [6.45, 7) is 10.9. The Balaban J connectivity index is 4.42. The monoisotopic (exact) mass is 177 g/mol. The van der Waals surface area contributed by atoms with Crippen molar-refractivity contribution in [2.75, 3.05) is 7.05 Å². The average molecular weight is 177 g/mol. The van der Waals surface area contributed by atoms with E-state index in [2.05, 4.69) is 29.5 Å². The number of nitrogens with zero attached hydrogens (tertiary/aromatic N) is 2. The number of aliphatic imine (C=N–C) groups is 1. The van der Waals surface area contributed by atoms with Crippen LogP contribution in [0.25, 0.3) is 0 Å². The molecule has 70 valence electrons. The standard InChI is InChI=1S/C10H15N3/c1-8(12-5)6-13-9(2)10(3,4)7-11/h6,12H,1-2H2,3-5H3. The Hall–Kier alpha value is -1.56. The summed E-state index contributed by atoms with van der Waals surface area (Å²) in [5.41, 5.74) is 0.603. The van der Waals surface area contributed by atoms with E-state index in [9.17, 15) is 0 Å². The van der Waals surface area contributed by atoms with Crippen molar-refractivity contribution in [2.24, 2.45) is 10.4 Å². The molecule has 0 saturated carbocycles. The molecule has 0 aliphatic rings. The van der Waals surface area contributed by atoms with Crippen LogP contribution >= 0.6 is 0 Å². The molecule has 1 N–H and O–H groups in total. The van der Waals surface area contributed by atoms with Crippen molar-refractivity contribution in [3.63, 3.8) is 0 Å². The number of hydrogen-bond acceptors (Lipinski definition) is 3. The SMILES string of the molecule is C=C(C=NC(=C)C(C)(C)C#N)NC. The summed E-state index contributed by atoms with van der Waals surface area (Å²) in [6.07, 6.45) is 1.56. The van der Waals surface area contributed by atoms with Gasteiger partial charge in [-0.25, -0.2) is 0 Å². The molecular weight excluding hydrogens is 162 g/mol. The third-order valence-corrected chi connectivity index (χ3v) is 1.70. The number of nitriles is 1. The summed E-state index contributed by atoms with van der Waals surface area (Å²) in [4.78, 5) is 4.03. The Morgan fingerprint density at radius 1 is 1.54 bits per heavy atom. The zero-order valence-corrected chi connectivity index (χ0v) is 8.39. The maximum absolute atomic E-state index is 8.76. The molecule has 0 atom stereocenters. The van der Waals surface area contributed by atoms with Gasteiger partial charge in [0.15, 0.2) is 0 Å². The van der Waals surface area contributed by atoms with Crippen LogP contribution in [0, 0.1) is 16.7 Å². The molecule has 0 aliphatic carbocycles. The molecule has 3 heteroatoms. The molecule has 0 amide bonds. The quantitative estimate of drug-likeness (QED) is 0.666. The first-order valence-electron chi connectivity index (χ1n) is 3.95. The highest BCUT2D eigenvalue weighted by Crippen LogP contribution is 2.23. The number of hydrogen-bond donors (Lipinski definition) is 1. The van der Waals surface area contributed by atoms with E-state index in [4.69, 9.17) is 5.26 Å². The summed E-state index contributed by atoms with van der Waals surface area (Å²) in [5.74, 6) is 0. The second-order valence-corrected chi connectivity index (χ2v) is 3.22.